The van der Waals surface area contributed by atoms with E-state index < -0.39 is 24.2 Å². The highest BCUT2D eigenvalue weighted by molar-refractivity contribution is 6.04. The van der Waals surface area contributed by atoms with Crippen LogP contribution < -0.4 is 25.4 Å². The molecule has 2 heterocycles. The molecular formula is C30H38N6O7. The molecule has 43 heavy (non-hydrogen) atoms. The largest absolute Gasteiger partial charge is 0.497 e. The van der Waals surface area contributed by atoms with Crippen LogP contribution in [-0.2, 0) is 0 Å². The topological polar surface area (TPSA) is 158 Å². The van der Waals surface area contributed by atoms with Crippen molar-refractivity contribution in [2.45, 2.75) is 39.8 Å². The van der Waals surface area contributed by atoms with Crippen LogP contribution in [0, 0.1) is 19.8 Å². The van der Waals surface area contributed by atoms with Crippen molar-refractivity contribution in [2.24, 2.45) is 5.92 Å². The van der Waals surface area contributed by atoms with E-state index in [0.717, 1.165) is 0 Å². The number of ether oxygens (including phenoxy) is 2. The Labute approximate surface area is 250 Å². The van der Waals surface area contributed by atoms with Crippen molar-refractivity contribution < 1.29 is 33.5 Å². The minimum atomic E-state index is -0.590. The van der Waals surface area contributed by atoms with E-state index in [9.17, 15) is 19.5 Å². The molecule has 13 nitrogen and oxygen atoms in total. The predicted molar refractivity (Wildman–Crippen MR) is 161 cm³/mol. The number of urea groups is 2. The molecule has 3 aromatic rings. The maximum Gasteiger partial charge on any atom is 0.323 e. The number of benzene rings is 2. The van der Waals surface area contributed by atoms with Gasteiger partial charge in [0.05, 0.1) is 37.6 Å². The molecule has 0 spiro atoms. The van der Waals surface area contributed by atoms with Gasteiger partial charge in [-0.3, -0.25) is 4.79 Å². The molecule has 0 radical (unpaired) electrons. The van der Waals surface area contributed by atoms with E-state index in [-0.39, 0.29) is 48.5 Å². The maximum absolute atomic E-state index is 13.7. The number of fused-ring (bicyclic) bond motifs is 1. The van der Waals surface area contributed by atoms with Gasteiger partial charge in [-0.15, -0.1) is 0 Å². The van der Waals surface area contributed by atoms with Gasteiger partial charge in [0.25, 0.3) is 5.91 Å². The van der Waals surface area contributed by atoms with E-state index in [1.54, 1.807) is 82.3 Å². The quantitative estimate of drug-likeness (QED) is 0.300. The summed E-state index contributed by atoms with van der Waals surface area (Å²) in [7, 11) is 3.19. The normalized spacial score (nSPS) is 17.1. The van der Waals surface area contributed by atoms with Crippen molar-refractivity contribution >= 4 is 35.0 Å². The number of likely N-dealkylation sites (N-methyl/N-ethyl adjacent to an activating group) is 1. The third kappa shape index (κ3) is 7.17. The Kier molecular flexibility index (Phi) is 9.76. The number of aryl methyl sites for hydroxylation is 2. The van der Waals surface area contributed by atoms with Gasteiger partial charge in [-0.1, -0.05) is 18.1 Å². The predicted octanol–water partition coefficient (Wildman–Crippen LogP) is 4.33. The zero-order valence-corrected chi connectivity index (χ0v) is 25.1. The number of hydrogen-bond acceptors (Lipinski definition) is 8. The van der Waals surface area contributed by atoms with Crippen LogP contribution in [0.5, 0.6) is 11.5 Å². The molecule has 13 heteroatoms. The first-order chi connectivity index (χ1) is 20.5. The summed E-state index contributed by atoms with van der Waals surface area (Å²) in [5.41, 5.74) is 2.09. The lowest BCUT2D eigenvalue weighted by Crippen LogP contribution is -2.50. The Morgan fingerprint density at radius 1 is 1.16 bits per heavy atom. The summed E-state index contributed by atoms with van der Waals surface area (Å²) in [6.07, 6.45) is -0.590. The lowest BCUT2D eigenvalue weighted by molar-refractivity contribution is 0.0373. The number of rotatable bonds is 8. The van der Waals surface area contributed by atoms with E-state index in [1.807, 2.05) is 6.92 Å². The molecule has 1 aromatic heterocycles. The second-order valence-electron chi connectivity index (χ2n) is 10.6. The molecule has 0 saturated carbocycles. The molecule has 0 aliphatic carbocycles. The first-order valence-electron chi connectivity index (χ1n) is 13.9. The van der Waals surface area contributed by atoms with Crippen molar-refractivity contribution in [3.05, 3.63) is 59.5 Å². The van der Waals surface area contributed by atoms with Gasteiger partial charge in [-0.25, -0.2) is 9.59 Å². The molecule has 4 rings (SSSR count). The Hall–Kier alpha value is -4.78. The van der Waals surface area contributed by atoms with Gasteiger partial charge in [0, 0.05) is 25.2 Å². The average Bonchev–Trinajstić information content (AvgIpc) is 3.31. The van der Waals surface area contributed by atoms with E-state index >= 15 is 0 Å². The molecule has 4 N–H and O–H groups in total. The van der Waals surface area contributed by atoms with Gasteiger partial charge in [-0.05, 0) is 57.2 Å². The second kappa shape index (κ2) is 13.5. The van der Waals surface area contributed by atoms with Gasteiger partial charge in [0.1, 0.15) is 23.2 Å². The van der Waals surface area contributed by atoms with Crippen molar-refractivity contribution in [3.8, 4) is 11.5 Å². The van der Waals surface area contributed by atoms with Crippen molar-refractivity contribution in [3.63, 3.8) is 0 Å². The number of para-hydroxylation sites is 1. The fourth-order valence-corrected chi connectivity index (χ4v) is 4.74. The maximum atomic E-state index is 13.7. The van der Waals surface area contributed by atoms with Crippen molar-refractivity contribution in [2.75, 3.05) is 49.8 Å². The zero-order chi connectivity index (χ0) is 31.3. The molecule has 0 unspecified atom stereocenters. The molecular weight excluding hydrogens is 556 g/mol. The Bertz CT molecular complexity index is 1440. The number of nitrogens with one attached hydrogen (secondary N) is 3. The fraction of sp³-hybridized carbons (Fsp3) is 0.400. The molecule has 1 aliphatic rings. The third-order valence-electron chi connectivity index (χ3n) is 7.35. The van der Waals surface area contributed by atoms with Crippen molar-refractivity contribution in [1.29, 1.82) is 0 Å². The van der Waals surface area contributed by atoms with Crippen LogP contribution >= 0.6 is 0 Å². The number of carbonyl (C=O) groups excluding carboxylic acids is 3. The van der Waals surface area contributed by atoms with Crippen LogP contribution in [-0.4, -0.2) is 84.0 Å². The first-order valence-corrected chi connectivity index (χ1v) is 13.9. The summed E-state index contributed by atoms with van der Waals surface area (Å²) in [5.74, 6) is 0.699. The Morgan fingerprint density at radius 2 is 1.88 bits per heavy atom. The highest BCUT2D eigenvalue weighted by atomic mass is 16.5. The standard InChI is InChI=1S/C30H38N6O7/c1-17-14-36(18(2)16-37)28(38)23-8-7-9-24(32-29(39)31-21-10-12-22(41-6)13-11-21)27(23)42-25(17)15-35(5)30(40)33-26-19(3)34-43-20(26)4/h7-13,17-18,25,37H,14-16H2,1-6H3,(H,33,40)(H2,31,32,39)/t17-,18+,25+/m0/s1. The summed E-state index contributed by atoms with van der Waals surface area (Å²) in [5, 5.41) is 22.2. The van der Waals surface area contributed by atoms with Crippen LogP contribution in [0.25, 0.3) is 0 Å². The van der Waals surface area contributed by atoms with Gasteiger partial charge in [-0.2, -0.15) is 0 Å². The lowest BCUT2D eigenvalue weighted by atomic mass is 9.99. The van der Waals surface area contributed by atoms with E-state index in [2.05, 4.69) is 21.1 Å². The van der Waals surface area contributed by atoms with E-state index in [4.69, 9.17) is 14.0 Å². The number of aliphatic hydroxyl groups is 1. The van der Waals surface area contributed by atoms with Gasteiger partial charge in [0.2, 0.25) is 0 Å². The van der Waals surface area contributed by atoms with Crippen LogP contribution in [0.2, 0.25) is 0 Å². The Balaban J connectivity index is 1.61. The van der Waals surface area contributed by atoms with Crippen LogP contribution in [0.3, 0.4) is 0 Å². The van der Waals surface area contributed by atoms with E-state index in [1.165, 1.54) is 4.90 Å². The molecule has 1 aliphatic heterocycles. The molecule has 230 valence electrons. The zero-order valence-electron chi connectivity index (χ0n) is 25.1. The Morgan fingerprint density at radius 3 is 2.51 bits per heavy atom. The van der Waals surface area contributed by atoms with Crippen molar-refractivity contribution in [1.82, 2.24) is 15.0 Å². The molecule has 0 saturated heterocycles. The lowest BCUT2D eigenvalue weighted by Gasteiger charge is -2.38. The minimum Gasteiger partial charge on any atom is -0.497 e. The SMILES string of the molecule is COc1ccc(NC(=O)Nc2cccc3c2O[C@H](CN(C)C(=O)Nc2c(C)noc2C)[C@@H](C)CN([C@H](C)CO)C3=O)cc1. The van der Waals surface area contributed by atoms with Gasteiger partial charge >= 0.3 is 12.1 Å². The number of methoxy groups -OCH3 is 1. The summed E-state index contributed by atoms with van der Waals surface area (Å²) >= 11 is 0. The molecule has 5 amide bonds. The fourth-order valence-electron chi connectivity index (χ4n) is 4.74. The highest BCUT2D eigenvalue weighted by Crippen LogP contribution is 2.35. The summed E-state index contributed by atoms with van der Waals surface area (Å²) in [4.78, 5) is 42.9. The van der Waals surface area contributed by atoms with Crippen LogP contribution in [0.15, 0.2) is 47.0 Å². The molecule has 0 fully saturated rings. The summed E-state index contributed by atoms with van der Waals surface area (Å²) in [6, 6.07) is 10.3. The molecule has 0 bridgehead atoms. The average molecular weight is 595 g/mol. The third-order valence-corrected chi connectivity index (χ3v) is 7.35. The van der Waals surface area contributed by atoms with Gasteiger partial charge < -0.3 is 44.9 Å². The number of hydrogen-bond donors (Lipinski definition) is 4. The van der Waals surface area contributed by atoms with E-state index in [0.29, 0.717) is 28.6 Å². The minimum absolute atomic E-state index is 0.151. The first kappa shape index (κ1) is 31.2. The second-order valence-corrected chi connectivity index (χ2v) is 10.6. The number of amides is 5. The van der Waals surface area contributed by atoms with Crippen LogP contribution in [0.1, 0.15) is 35.7 Å². The number of nitrogens with zero attached hydrogens (tertiary/aromatic N) is 3. The number of aromatic nitrogens is 1. The summed E-state index contributed by atoms with van der Waals surface area (Å²) in [6.45, 7) is 7.30. The highest BCUT2D eigenvalue weighted by Gasteiger charge is 2.35. The summed E-state index contributed by atoms with van der Waals surface area (Å²) < 4.78 is 16.8. The molecule has 3 atom stereocenters. The number of aliphatic hydroxyl groups excluding tert-OH is 1. The van der Waals surface area contributed by atoms with Gasteiger partial charge in [0.15, 0.2) is 11.5 Å². The number of carbonyl (C=O) groups is 3. The smallest absolute Gasteiger partial charge is 0.323 e. The van der Waals surface area contributed by atoms with Crippen LogP contribution in [0.4, 0.5) is 26.7 Å². The number of anilines is 3. The monoisotopic (exact) mass is 594 g/mol. The molecule has 2 aromatic carbocycles.